The third-order valence-electron chi connectivity index (χ3n) is 4.57. The number of fused-ring (bicyclic) bond motifs is 1. The Morgan fingerprint density at radius 3 is 2.61 bits per heavy atom. The first-order chi connectivity index (χ1) is 13.5. The highest BCUT2D eigenvalue weighted by Crippen LogP contribution is 2.29. The van der Waals surface area contributed by atoms with Gasteiger partial charge in [0.15, 0.2) is 0 Å². The Balaban J connectivity index is 1.77. The van der Waals surface area contributed by atoms with Crippen LogP contribution in [0.4, 0.5) is 5.69 Å². The lowest BCUT2D eigenvalue weighted by molar-refractivity contribution is -0.384. The van der Waals surface area contributed by atoms with Gasteiger partial charge in [-0.3, -0.25) is 14.8 Å². The van der Waals surface area contributed by atoms with Crippen molar-refractivity contribution in [3.63, 3.8) is 0 Å². The normalized spacial score (nSPS) is 11.2. The Labute approximate surface area is 164 Å². The van der Waals surface area contributed by atoms with Gasteiger partial charge in [0, 0.05) is 12.1 Å². The third-order valence-corrected chi connectivity index (χ3v) is 4.57. The van der Waals surface area contributed by atoms with E-state index >= 15 is 0 Å². The Kier molecular flexibility index (Phi) is 6.60. The predicted molar refractivity (Wildman–Crippen MR) is 110 cm³/mol. The van der Waals surface area contributed by atoms with E-state index in [0.29, 0.717) is 24.4 Å². The van der Waals surface area contributed by atoms with Gasteiger partial charge >= 0.3 is 0 Å². The summed E-state index contributed by atoms with van der Waals surface area (Å²) in [4.78, 5) is 13.0. The van der Waals surface area contributed by atoms with Crippen molar-refractivity contribution in [3.8, 4) is 5.88 Å². The van der Waals surface area contributed by atoms with Crippen molar-refractivity contribution in [2.24, 2.45) is 0 Å². The summed E-state index contributed by atoms with van der Waals surface area (Å²) in [7, 11) is 4.13. The first kappa shape index (κ1) is 19.8. The van der Waals surface area contributed by atoms with E-state index in [9.17, 15) is 10.1 Å². The second-order valence-electron chi connectivity index (χ2n) is 7.12. The maximum atomic E-state index is 11.2. The summed E-state index contributed by atoms with van der Waals surface area (Å²) in [5.74, 6) is 0.460. The fraction of sp³-hybridized carbons (Fsp3) is 0.381. The molecular formula is C21H26N4O3. The lowest BCUT2D eigenvalue weighted by atomic mass is 10.2. The summed E-state index contributed by atoms with van der Waals surface area (Å²) in [6.45, 7) is 2.19. The van der Waals surface area contributed by atoms with Gasteiger partial charge in [-0.15, -0.1) is 5.10 Å². The van der Waals surface area contributed by atoms with E-state index in [-0.39, 0.29) is 10.6 Å². The molecule has 28 heavy (non-hydrogen) atoms. The molecule has 0 fully saturated rings. The summed E-state index contributed by atoms with van der Waals surface area (Å²) in [6.07, 6.45) is 3.11. The van der Waals surface area contributed by atoms with Gasteiger partial charge in [-0.05, 0) is 51.5 Å². The molecule has 0 aliphatic heterocycles. The largest absolute Gasteiger partial charge is 0.476 e. The van der Waals surface area contributed by atoms with Crippen molar-refractivity contribution < 1.29 is 9.66 Å². The zero-order valence-electron chi connectivity index (χ0n) is 16.4. The Morgan fingerprint density at radius 1 is 1.11 bits per heavy atom. The average molecular weight is 382 g/mol. The fourth-order valence-corrected chi connectivity index (χ4v) is 3.11. The second-order valence-corrected chi connectivity index (χ2v) is 7.12. The van der Waals surface area contributed by atoms with Crippen molar-refractivity contribution in [1.29, 1.82) is 0 Å². The Morgan fingerprint density at radius 2 is 1.89 bits per heavy atom. The van der Waals surface area contributed by atoms with Crippen LogP contribution in [-0.4, -0.2) is 46.9 Å². The van der Waals surface area contributed by atoms with Gasteiger partial charge in [0.05, 0.1) is 29.0 Å². The van der Waals surface area contributed by atoms with Crippen LogP contribution in [0.15, 0.2) is 48.5 Å². The molecule has 0 atom stereocenters. The molecule has 0 aliphatic rings. The fourth-order valence-electron chi connectivity index (χ4n) is 3.11. The molecule has 0 amide bonds. The first-order valence-corrected chi connectivity index (χ1v) is 9.51. The average Bonchev–Trinajstić information content (AvgIpc) is 3.02. The maximum Gasteiger partial charge on any atom is 0.270 e. The number of nitro benzene ring substituents is 1. The predicted octanol–water partition coefficient (Wildman–Crippen LogP) is 4.10. The zero-order chi connectivity index (χ0) is 19.9. The standard InChI is InChI=1S/C21H26N4O3/c1-23(2)13-7-4-8-14-28-21-19-15-18(25(26)27)11-12-20(19)24(22-21)16-17-9-5-3-6-10-17/h3,5-6,9-12,15H,4,7-8,13-14,16H2,1-2H3. The number of benzene rings is 2. The van der Waals surface area contributed by atoms with E-state index in [1.165, 1.54) is 6.07 Å². The zero-order valence-corrected chi connectivity index (χ0v) is 16.4. The van der Waals surface area contributed by atoms with Crippen LogP contribution in [-0.2, 0) is 6.54 Å². The van der Waals surface area contributed by atoms with Gasteiger partial charge in [-0.1, -0.05) is 30.3 Å². The molecule has 0 bridgehead atoms. The molecule has 0 unspecified atom stereocenters. The lowest BCUT2D eigenvalue weighted by Gasteiger charge is -2.08. The monoisotopic (exact) mass is 382 g/mol. The van der Waals surface area contributed by atoms with Crippen molar-refractivity contribution >= 4 is 16.6 Å². The molecule has 3 aromatic rings. The van der Waals surface area contributed by atoms with E-state index in [1.54, 1.807) is 12.1 Å². The molecule has 0 radical (unpaired) electrons. The molecule has 0 saturated heterocycles. The molecule has 3 rings (SSSR count). The summed E-state index contributed by atoms with van der Waals surface area (Å²) < 4.78 is 7.75. The van der Waals surface area contributed by atoms with Gasteiger partial charge in [-0.25, -0.2) is 0 Å². The molecule has 1 aromatic heterocycles. The highest BCUT2D eigenvalue weighted by Gasteiger charge is 2.16. The molecular weight excluding hydrogens is 356 g/mol. The maximum absolute atomic E-state index is 11.2. The van der Waals surface area contributed by atoms with Crippen LogP contribution in [0.5, 0.6) is 5.88 Å². The van der Waals surface area contributed by atoms with Gasteiger partial charge in [0.2, 0.25) is 5.88 Å². The molecule has 7 nitrogen and oxygen atoms in total. The molecule has 0 N–H and O–H groups in total. The SMILES string of the molecule is CN(C)CCCCCOc1nn(Cc2ccccc2)c2ccc([N+](=O)[O-])cc12. The van der Waals surface area contributed by atoms with E-state index < -0.39 is 0 Å². The molecule has 148 valence electrons. The summed E-state index contributed by atoms with van der Waals surface area (Å²) in [6, 6.07) is 14.8. The van der Waals surface area contributed by atoms with Crippen LogP contribution in [0.1, 0.15) is 24.8 Å². The van der Waals surface area contributed by atoms with Crippen LogP contribution in [0.25, 0.3) is 10.9 Å². The number of nitrogens with zero attached hydrogens (tertiary/aromatic N) is 4. The number of non-ortho nitro benzene ring substituents is 1. The van der Waals surface area contributed by atoms with Crippen LogP contribution < -0.4 is 4.74 Å². The van der Waals surface area contributed by atoms with Crippen molar-refractivity contribution in [2.75, 3.05) is 27.2 Å². The molecule has 0 spiro atoms. The van der Waals surface area contributed by atoms with Crippen LogP contribution >= 0.6 is 0 Å². The number of ether oxygens (including phenoxy) is 1. The highest BCUT2D eigenvalue weighted by molar-refractivity contribution is 5.86. The summed E-state index contributed by atoms with van der Waals surface area (Å²) in [5.41, 5.74) is 1.99. The van der Waals surface area contributed by atoms with E-state index in [4.69, 9.17) is 4.74 Å². The topological polar surface area (TPSA) is 73.4 Å². The quantitative estimate of drug-likeness (QED) is 0.300. The smallest absolute Gasteiger partial charge is 0.270 e. The van der Waals surface area contributed by atoms with Crippen molar-refractivity contribution in [1.82, 2.24) is 14.7 Å². The number of unbranched alkanes of at least 4 members (excludes halogenated alkanes) is 2. The molecule has 1 heterocycles. The van der Waals surface area contributed by atoms with Crippen molar-refractivity contribution in [3.05, 3.63) is 64.2 Å². The van der Waals surface area contributed by atoms with Gasteiger partial charge in [0.25, 0.3) is 5.69 Å². The number of hydrogen-bond donors (Lipinski definition) is 0. The summed E-state index contributed by atoms with van der Waals surface area (Å²) >= 11 is 0. The number of nitro groups is 1. The summed E-state index contributed by atoms with van der Waals surface area (Å²) in [5, 5.41) is 16.4. The second kappa shape index (κ2) is 9.32. The van der Waals surface area contributed by atoms with E-state index in [0.717, 1.165) is 36.9 Å². The first-order valence-electron chi connectivity index (χ1n) is 9.51. The van der Waals surface area contributed by atoms with Gasteiger partial charge < -0.3 is 9.64 Å². The number of hydrogen-bond acceptors (Lipinski definition) is 5. The minimum absolute atomic E-state index is 0.0441. The highest BCUT2D eigenvalue weighted by atomic mass is 16.6. The number of aromatic nitrogens is 2. The Bertz CT molecular complexity index is 922. The van der Waals surface area contributed by atoms with Gasteiger partial charge in [-0.2, -0.15) is 0 Å². The van der Waals surface area contributed by atoms with Crippen molar-refractivity contribution in [2.45, 2.75) is 25.8 Å². The Hall–Kier alpha value is -2.93. The minimum Gasteiger partial charge on any atom is -0.476 e. The van der Waals surface area contributed by atoms with Crippen LogP contribution in [0, 0.1) is 10.1 Å². The van der Waals surface area contributed by atoms with Gasteiger partial charge in [0.1, 0.15) is 0 Å². The number of rotatable bonds is 10. The minimum atomic E-state index is -0.390. The third kappa shape index (κ3) is 5.07. The molecule has 0 saturated carbocycles. The van der Waals surface area contributed by atoms with E-state index in [2.05, 4.69) is 24.1 Å². The van der Waals surface area contributed by atoms with Crippen LogP contribution in [0.3, 0.4) is 0 Å². The molecule has 7 heteroatoms. The molecule has 0 aliphatic carbocycles. The molecule has 2 aromatic carbocycles. The lowest BCUT2D eigenvalue weighted by Crippen LogP contribution is -2.13. The van der Waals surface area contributed by atoms with E-state index in [1.807, 2.05) is 35.0 Å². The van der Waals surface area contributed by atoms with Crippen LogP contribution in [0.2, 0.25) is 0 Å².